The molecule has 1 aromatic heterocycles. The van der Waals surface area contributed by atoms with E-state index in [1.807, 2.05) is 81.4 Å². The first-order valence-electron chi connectivity index (χ1n) is 14.8. The molecule has 2 aromatic carbocycles. The zero-order chi connectivity index (χ0) is 32.8. The van der Waals surface area contributed by atoms with Gasteiger partial charge in [-0.3, -0.25) is 24.8 Å². The van der Waals surface area contributed by atoms with Crippen LogP contribution >= 0.6 is 0 Å². The molecule has 0 aliphatic heterocycles. The maximum atomic E-state index is 13.7. The van der Waals surface area contributed by atoms with Crippen LogP contribution in [0.1, 0.15) is 44.4 Å². The molecule has 0 bridgehead atoms. The molecule has 13 heteroatoms. The van der Waals surface area contributed by atoms with Gasteiger partial charge in [0.05, 0.1) is 24.5 Å². The summed E-state index contributed by atoms with van der Waals surface area (Å²) in [5.41, 5.74) is 4.75. The van der Waals surface area contributed by atoms with E-state index in [-0.39, 0.29) is 13.1 Å². The van der Waals surface area contributed by atoms with Crippen molar-refractivity contribution in [1.29, 1.82) is 0 Å². The highest BCUT2D eigenvalue weighted by atomic mass is 16.7. The van der Waals surface area contributed by atoms with Gasteiger partial charge >= 0.3 is 12.0 Å². The van der Waals surface area contributed by atoms with E-state index in [2.05, 4.69) is 26.4 Å². The van der Waals surface area contributed by atoms with Gasteiger partial charge in [-0.1, -0.05) is 61.5 Å². The monoisotopic (exact) mass is 622 g/mol. The molecule has 4 amide bonds. The number of hydrazine groups is 1. The lowest BCUT2D eigenvalue weighted by atomic mass is 9.91. The van der Waals surface area contributed by atoms with Crippen LogP contribution in [0.5, 0.6) is 0 Å². The molecule has 2 unspecified atom stereocenters. The second-order valence-electron chi connectivity index (χ2n) is 10.4. The van der Waals surface area contributed by atoms with Crippen molar-refractivity contribution in [2.24, 2.45) is 5.92 Å². The van der Waals surface area contributed by atoms with E-state index in [1.54, 1.807) is 6.20 Å². The molecule has 0 radical (unpaired) electrons. The quantitative estimate of drug-likeness (QED) is 0.112. The first kappa shape index (κ1) is 34.9. The van der Waals surface area contributed by atoms with Crippen molar-refractivity contribution in [3.63, 3.8) is 0 Å². The first-order chi connectivity index (χ1) is 21.6. The largest absolute Gasteiger partial charge is 0.481 e. The van der Waals surface area contributed by atoms with Crippen LogP contribution in [0.2, 0.25) is 0 Å². The third-order valence-corrected chi connectivity index (χ3v) is 6.91. The Kier molecular flexibility index (Phi) is 13.7. The molecular weight excluding hydrogens is 580 g/mol. The molecule has 13 nitrogen and oxygen atoms in total. The van der Waals surface area contributed by atoms with E-state index in [4.69, 9.17) is 9.47 Å². The SMILES string of the molecule is CCOC(OCC)[C@@H](C)C(NC(=O)C(CC(=O)O)NC(=O)CN(C)NC(=O)NCc1ccccc1)c1cccc2cccnc12. The number of benzene rings is 2. The van der Waals surface area contributed by atoms with Gasteiger partial charge in [-0.25, -0.2) is 9.80 Å². The summed E-state index contributed by atoms with van der Waals surface area (Å²) in [4.78, 5) is 55.1. The molecular formula is C32H42N6O7. The lowest BCUT2D eigenvalue weighted by Gasteiger charge is -2.33. The fourth-order valence-corrected chi connectivity index (χ4v) is 4.83. The summed E-state index contributed by atoms with van der Waals surface area (Å²) in [6.07, 6.45) is 0.295. The molecule has 45 heavy (non-hydrogen) atoms. The molecule has 0 aliphatic rings. The van der Waals surface area contributed by atoms with E-state index >= 15 is 0 Å². The minimum absolute atomic E-state index is 0.285. The summed E-state index contributed by atoms with van der Waals surface area (Å²) < 4.78 is 11.7. The van der Waals surface area contributed by atoms with Crippen LogP contribution in [0, 0.1) is 5.92 Å². The summed E-state index contributed by atoms with van der Waals surface area (Å²) in [5, 5.41) is 19.8. The van der Waals surface area contributed by atoms with Crippen LogP contribution < -0.4 is 21.4 Å². The average Bonchev–Trinajstić information content (AvgIpc) is 3.01. The number of carbonyl (C=O) groups excluding carboxylic acids is 3. The molecule has 1 heterocycles. The van der Waals surface area contributed by atoms with Crippen LogP contribution in [0.15, 0.2) is 66.9 Å². The number of likely N-dealkylation sites (N-methyl/N-ethyl adjacent to an activating group) is 1. The molecule has 3 aromatic rings. The fraction of sp³-hybridized carbons (Fsp3) is 0.406. The van der Waals surface area contributed by atoms with E-state index in [9.17, 15) is 24.3 Å². The zero-order valence-corrected chi connectivity index (χ0v) is 26.0. The molecule has 0 spiro atoms. The number of ether oxygens (including phenoxy) is 2. The van der Waals surface area contributed by atoms with Gasteiger partial charge in [0, 0.05) is 49.9 Å². The highest BCUT2D eigenvalue weighted by Crippen LogP contribution is 2.31. The zero-order valence-electron chi connectivity index (χ0n) is 26.0. The average molecular weight is 623 g/mol. The van der Waals surface area contributed by atoms with Gasteiger partial charge in [0.2, 0.25) is 11.8 Å². The number of urea groups is 1. The van der Waals surface area contributed by atoms with Crippen LogP contribution in [0.4, 0.5) is 4.79 Å². The van der Waals surface area contributed by atoms with Crippen LogP contribution in [-0.4, -0.2) is 78.1 Å². The summed E-state index contributed by atoms with van der Waals surface area (Å²) in [6, 6.07) is 15.9. The third-order valence-electron chi connectivity index (χ3n) is 6.91. The van der Waals surface area contributed by atoms with E-state index in [0.29, 0.717) is 24.3 Å². The van der Waals surface area contributed by atoms with Crippen molar-refractivity contribution >= 4 is 34.7 Å². The number of nitrogens with zero attached hydrogens (tertiary/aromatic N) is 2. The Labute approximate surface area is 262 Å². The van der Waals surface area contributed by atoms with Crippen molar-refractivity contribution in [3.8, 4) is 0 Å². The normalized spacial score (nSPS) is 13.2. The smallest absolute Gasteiger partial charge is 0.329 e. The van der Waals surface area contributed by atoms with Crippen molar-refractivity contribution in [3.05, 3.63) is 78.0 Å². The number of pyridine rings is 1. The second kappa shape index (κ2) is 17.6. The Bertz CT molecular complexity index is 1410. The third kappa shape index (κ3) is 10.8. The number of aliphatic carboxylic acids is 1. The molecule has 0 aliphatic carbocycles. The van der Waals surface area contributed by atoms with Gasteiger partial charge in [0.15, 0.2) is 6.29 Å². The van der Waals surface area contributed by atoms with E-state index in [0.717, 1.165) is 10.9 Å². The number of hydrogen-bond donors (Lipinski definition) is 5. The number of hydrogen-bond acceptors (Lipinski definition) is 8. The molecule has 3 atom stereocenters. The summed E-state index contributed by atoms with van der Waals surface area (Å²) in [6.45, 7) is 6.21. The van der Waals surface area contributed by atoms with Crippen LogP contribution in [0.25, 0.3) is 10.9 Å². The number of fused-ring (bicyclic) bond motifs is 1. The Morgan fingerprint density at radius 2 is 1.62 bits per heavy atom. The number of rotatable bonds is 17. The number of carboxylic acid groups (broad SMARTS) is 1. The molecule has 5 N–H and O–H groups in total. The molecule has 0 fully saturated rings. The summed E-state index contributed by atoms with van der Waals surface area (Å²) in [5.74, 6) is -3.09. The Hall–Kier alpha value is -4.59. The Balaban J connectivity index is 1.74. The number of amides is 4. The van der Waals surface area contributed by atoms with Crippen LogP contribution in [0.3, 0.4) is 0 Å². The lowest BCUT2D eigenvalue weighted by molar-refractivity contribution is -0.170. The second-order valence-corrected chi connectivity index (χ2v) is 10.4. The lowest BCUT2D eigenvalue weighted by Crippen LogP contribution is -2.54. The minimum Gasteiger partial charge on any atom is -0.481 e. The highest BCUT2D eigenvalue weighted by molar-refractivity contribution is 5.92. The maximum Gasteiger partial charge on any atom is 0.329 e. The van der Waals surface area contributed by atoms with E-state index in [1.165, 1.54) is 12.1 Å². The molecule has 242 valence electrons. The summed E-state index contributed by atoms with van der Waals surface area (Å²) in [7, 11) is 1.47. The maximum absolute atomic E-state index is 13.7. The van der Waals surface area contributed by atoms with Gasteiger partial charge in [-0.2, -0.15) is 0 Å². The first-order valence-corrected chi connectivity index (χ1v) is 14.8. The predicted molar refractivity (Wildman–Crippen MR) is 167 cm³/mol. The van der Waals surface area contributed by atoms with Gasteiger partial charge < -0.3 is 30.5 Å². The molecule has 3 rings (SSSR count). The number of carbonyl (C=O) groups is 4. The highest BCUT2D eigenvalue weighted by Gasteiger charge is 2.34. The predicted octanol–water partition coefficient (Wildman–Crippen LogP) is 2.73. The number of para-hydroxylation sites is 1. The number of carboxylic acids is 1. The van der Waals surface area contributed by atoms with Crippen molar-refractivity contribution in [2.45, 2.75) is 52.1 Å². The van der Waals surface area contributed by atoms with Gasteiger partial charge in [-0.05, 0) is 25.5 Å². The van der Waals surface area contributed by atoms with Gasteiger partial charge in [0.25, 0.3) is 0 Å². The minimum atomic E-state index is -1.41. The topological polar surface area (TPSA) is 171 Å². The Morgan fingerprint density at radius 3 is 2.29 bits per heavy atom. The molecule has 0 saturated heterocycles. The fourth-order valence-electron chi connectivity index (χ4n) is 4.83. The van der Waals surface area contributed by atoms with E-state index < -0.39 is 54.5 Å². The van der Waals surface area contributed by atoms with Crippen molar-refractivity contribution in [1.82, 2.24) is 31.4 Å². The number of aromatic nitrogens is 1. The standard InChI is InChI=1S/C32H42N6O7/c1-5-44-31(45-6-2)21(3)28(24-16-10-14-23-15-11-17-33-29(23)24)36-30(42)25(18-27(40)41)35-26(39)20-38(4)37-32(43)34-19-22-12-8-7-9-13-22/h7-17,21,25,28,31H,5-6,18-20H2,1-4H3,(H,35,39)(H,36,42)(H,40,41)(H2,34,37,43)/t21-,25?,28?/m0/s1. The van der Waals surface area contributed by atoms with Gasteiger partial charge in [-0.15, -0.1) is 0 Å². The van der Waals surface area contributed by atoms with Gasteiger partial charge in [0.1, 0.15) is 6.04 Å². The van der Waals surface area contributed by atoms with Crippen molar-refractivity contribution in [2.75, 3.05) is 26.8 Å². The van der Waals surface area contributed by atoms with Crippen LogP contribution in [-0.2, 0) is 30.4 Å². The summed E-state index contributed by atoms with van der Waals surface area (Å²) >= 11 is 0. The van der Waals surface area contributed by atoms with Crippen molar-refractivity contribution < 1.29 is 33.8 Å². The Morgan fingerprint density at radius 1 is 0.933 bits per heavy atom. The molecule has 0 saturated carbocycles. The number of nitrogens with one attached hydrogen (secondary N) is 4.